The number of anilines is 1. The monoisotopic (exact) mass is 238 g/mol. The van der Waals surface area contributed by atoms with Crippen molar-refractivity contribution in [2.45, 2.75) is 41.0 Å². The zero-order valence-electron chi connectivity index (χ0n) is 11.7. The van der Waals surface area contributed by atoms with E-state index < -0.39 is 0 Å². The second-order valence-corrected chi connectivity index (χ2v) is 3.33. The van der Waals surface area contributed by atoms with Crippen molar-refractivity contribution in [2.75, 3.05) is 11.9 Å². The molecule has 0 heterocycles. The number of carbonyl (C=O) groups is 1. The average Bonchev–Trinajstić information content (AvgIpc) is 2.35. The second kappa shape index (κ2) is 12.7. The predicted octanol–water partition coefficient (Wildman–Crippen LogP) is 3.33. The molecule has 3 N–H and O–H groups in total. The fourth-order valence-corrected chi connectivity index (χ4v) is 0.849. The largest absolute Gasteiger partial charge is 0.325 e. The SMILES string of the molecule is CC.CCC.Cc1ccc(NC(=O)CN)cc1. The van der Waals surface area contributed by atoms with Gasteiger partial charge in [-0.1, -0.05) is 51.8 Å². The number of aryl methyl sites for hydroxylation is 1. The summed E-state index contributed by atoms with van der Waals surface area (Å²) in [4.78, 5) is 10.8. The molecule has 0 saturated heterocycles. The van der Waals surface area contributed by atoms with Crippen molar-refractivity contribution in [3.05, 3.63) is 29.8 Å². The summed E-state index contributed by atoms with van der Waals surface area (Å²) in [7, 11) is 0. The lowest BCUT2D eigenvalue weighted by molar-refractivity contribution is -0.114. The topological polar surface area (TPSA) is 55.1 Å². The van der Waals surface area contributed by atoms with Gasteiger partial charge in [0.2, 0.25) is 5.91 Å². The zero-order chi connectivity index (χ0) is 13.7. The molecule has 1 amide bonds. The number of nitrogens with one attached hydrogen (secondary N) is 1. The van der Waals surface area contributed by atoms with Crippen LogP contribution in [-0.4, -0.2) is 12.5 Å². The Bertz CT molecular complexity index is 281. The number of hydrogen-bond donors (Lipinski definition) is 2. The van der Waals surface area contributed by atoms with E-state index in [4.69, 9.17) is 5.73 Å². The summed E-state index contributed by atoms with van der Waals surface area (Å²) in [6, 6.07) is 7.57. The Morgan fingerprint density at radius 1 is 1.18 bits per heavy atom. The molecule has 0 bridgehead atoms. The van der Waals surface area contributed by atoms with Crippen molar-refractivity contribution >= 4 is 11.6 Å². The Morgan fingerprint density at radius 2 is 1.59 bits per heavy atom. The number of benzene rings is 1. The fourth-order valence-electron chi connectivity index (χ4n) is 0.849. The van der Waals surface area contributed by atoms with Crippen LogP contribution in [0.5, 0.6) is 0 Å². The van der Waals surface area contributed by atoms with E-state index in [2.05, 4.69) is 19.2 Å². The Labute approximate surface area is 105 Å². The van der Waals surface area contributed by atoms with E-state index in [0.29, 0.717) is 0 Å². The first-order valence-corrected chi connectivity index (χ1v) is 6.20. The van der Waals surface area contributed by atoms with E-state index in [1.54, 1.807) is 0 Å². The summed E-state index contributed by atoms with van der Waals surface area (Å²) < 4.78 is 0. The van der Waals surface area contributed by atoms with Gasteiger partial charge >= 0.3 is 0 Å². The van der Waals surface area contributed by atoms with Crippen molar-refractivity contribution in [3.8, 4) is 0 Å². The molecule has 0 atom stereocenters. The number of carbonyl (C=O) groups excluding carboxylic acids is 1. The number of amides is 1. The molecule has 3 nitrogen and oxygen atoms in total. The standard InChI is InChI=1S/C9H12N2O.C3H8.C2H6/c1-7-2-4-8(5-3-7)11-9(12)6-10;1-3-2;1-2/h2-5H,6,10H2,1H3,(H,11,12);3H2,1-2H3;1-2H3. The highest BCUT2D eigenvalue weighted by atomic mass is 16.1. The van der Waals surface area contributed by atoms with E-state index in [-0.39, 0.29) is 12.5 Å². The summed E-state index contributed by atoms with van der Waals surface area (Å²) >= 11 is 0. The molecule has 0 fully saturated rings. The third-order valence-corrected chi connectivity index (χ3v) is 1.52. The Kier molecular flexibility index (Phi) is 13.5. The van der Waals surface area contributed by atoms with Crippen LogP contribution in [0.25, 0.3) is 0 Å². The normalized spacial score (nSPS) is 8.12. The lowest BCUT2D eigenvalue weighted by Gasteiger charge is -2.02. The van der Waals surface area contributed by atoms with Crippen molar-refractivity contribution in [3.63, 3.8) is 0 Å². The van der Waals surface area contributed by atoms with Gasteiger partial charge in [0.1, 0.15) is 0 Å². The van der Waals surface area contributed by atoms with Gasteiger partial charge in [0.05, 0.1) is 6.54 Å². The van der Waals surface area contributed by atoms with Gasteiger partial charge in [-0.25, -0.2) is 0 Å². The van der Waals surface area contributed by atoms with Crippen LogP contribution in [-0.2, 0) is 4.79 Å². The fraction of sp³-hybridized carbons (Fsp3) is 0.500. The molecule has 0 aromatic heterocycles. The van der Waals surface area contributed by atoms with Crippen LogP contribution in [0.1, 0.15) is 39.7 Å². The first kappa shape index (κ1) is 18.0. The molecule has 98 valence electrons. The van der Waals surface area contributed by atoms with Crippen LogP contribution in [0, 0.1) is 6.92 Å². The van der Waals surface area contributed by atoms with Crippen molar-refractivity contribution in [2.24, 2.45) is 5.73 Å². The summed E-state index contributed by atoms with van der Waals surface area (Å²) in [5.74, 6) is -0.168. The first-order valence-electron chi connectivity index (χ1n) is 6.20. The van der Waals surface area contributed by atoms with Gasteiger partial charge in [-0.05, 0) is 19.1 Å². The van der Waals surface area contributed by atoms with Gasteiger partial charge in [0, 0.05) is 5.69 Å². The quantitative estimate of drug-likeness (QED) is 0.830. The minimum absolute atomic E-state index is 0.0217. The predicted molar refractivity (Wildman–Crippen MR) is 76.2 cm³/mol. The molecule has 1 aromatic carbocycles. The highest BCUT2D eigenvalue weighted by Gasteiger charge is 1.96. The molecular formula is C14H26N2O. The maximum absolute atomic E-state index is 10.8. The van der Waals surface area contributed by atoms with Crippen LogP contribution < -0.4 is 11.1 Å². The van der Waals surface area contributed by atoms with Gasteiger partial charge in [-0.15, -0.1) is 0 Å². The Balaban J connectivity index is 0. The Morgan fingerprint density at radius 3 is 1.94 bits per heavy atom. The minimum Gasteiger partial charge on any atom is -0.325 e. The van der Waals surface area contributed by atoms with Crippen molar-refractivity contribution in [1.29, 1.82) is 0 Å². The number of rotatable bonds is 2. The molecule has 0 radical (unpaired) electrons. The van der Waals surface area contributed by atoms with Crippen LogP contribution in [0.15, 0.2) is 24.3 Å². The molecule has 1 rings (SSSR count). The lowest BCUT2D eigenvalue weighted by Crippen LogP contribution is -2.21. The molecule has 0 spiro atoms. The minimum atomic E-state index is -0.168. The second-order valence-electron chi connectivity index (χ2n) is 3.33. The smallest absolute Gasteiger partial charge is 0.238 e. The van der Waals surface area contributed by atoms with Crippen LogP contribution in [0.2, 0.25) is 0 Å². The molecule has 0 aliphatic rings. The third kappa shape index (κ3) is 10.9. The summed E-state index contributed by atoms with van der Waals surface area (Å²) in [6.07, 6.45) is 1.25. The van der Waals surface area contributed by atoms with E-state index in [1.807, 2.05) is 45.0 Å². The molecule has 3 heteroatoms. The molecule has 0 aliphatic carbocycles. The number of hydrogen-bond acceptors (Lipinski definition) is 2. The summed E-state index contributed by atoms with van der Waals surface area (Å²) in [6.45, 7) is 10.3. The zero-order valence-corrected chi connectivity index (χ0v) is 11.7. The van der Waals surface area contributed by atoms with E-state index in [9.17, 15) is 4.79 Å². The van der Waals surface area contributed by atoms with Crippen LogP contribution in [0.4, 0.5) is 5.69 Å². The Hall–Kier alpha value is -1.35. The molecule has 0 unspecified atom stereocenters. The molecule has 17 heavy (non-hydrogen) atoms. The van der Waals surface area contributed by atoms with Gasteiger partial charge < -0.3 is 11.1 Å². The van der Waals surface area contributed by atoms with Gasteiger partial charge in [-0.2, -0.15) is 0 Å². The highest BCUT2D eigenvalue weighted by molar-refractivity contribution is 5.92. The van der Waals surface area contributed by atoms with Gasteiger partial charge in [-0.3, -0.25) is 4.79 Å². The molecule has 1 aromatic rings. The average molecular weight is 238 g/mol. The molecular weight excluding hydrogens is 212 g/mol. The van der Waals surface area contributed by atoms with Gasteiger partial charge in [0.15, 0.2) is 0 Å². The van der Waals surface area contributed by atoms with Crippen molar-refractivity contribution in [1.82, 2.24) is 0 Å². The van der Waals surface area contributed by atoms with E-state index in [0.717, 1.165) is 5.69 Å². The van der Waals surface area contributed by atoms with Gasteiger partial charge in [0.25, 0.3) is 0 Å². The van der Waals surface area contributed by atoms with E-state index >= 15 is 0 Å². The maximum Gasteiger partial charge on any atom is 0.238 e. The summed E-state index contributed by atoms with van der Waals surface area (Å²) in [5, 5.41) is 2.65. The van der Waals surface area contributed by atoms with E-state index in [1.165, 1.54) is 12.0 Å². The lowest BCUT2D eigenvalue weighted by atomic mass is 10.2. The summed E-state index contributed by atoms with van der Waals surface area (Å²) in [5.41, 5.74) is 7.09. The number of nitrogens with two attached hydrogens (primary N) is 1. The highest BCUT2D eigenvalue weighted by Crippen LogP contribution is 2.07. The first-order chi connectivity index (χ1) is 8.13. The maximum atomic E-state index is 10.8. The van der Waals surface area contributed by atoms with Crippen LogP contribution in [0.3, 0.4) is 0 Å². The third-order valence-electron chi connectivity index (χ3n) is 1.52. The van der Waals surface area contributed by atoms with Crippen LogP contribution >= 0.6 is 0 Å². The molecule has 0 aliphatic heterocycles. The van der Waals surface area contributed by atoms with Crippen molar-refractivity contribution < 1.29 is 4.79 Å². The molecule has 0 saturated carbocycles.